The molecule has 1 aromatic heterocycles. The third-order valence-corrected chi connectivity index (χ3v) is 2.65. The zero-order valence-electron chi connectivity index (χ0n) is 5.86. The van der Waals surface area contributed by atoms with E-state index in [9.17, 15) is 4.79 Å². The molecular weight excluding hydrogens is 158 g/mol. The maximum absolute atomic E-state index is 9.88. The molecule has 0 radical (unpaired) electrons. The van der Waals surface area contributed by atoms with E-state index in [1.54, 1.807) is 17.4 Å². The Morgan fingerprint density at radius 1 is 1.73 bits per heavy atom. The molecule has 0 amide bonds. The molecule has 2 atom stereocenters. The molecule has 0 spiro atoms. The fourth-order valence-electron chi connectivity index (χ4n) is 1.24. The van der Waals surface area contributed by atoms with Crippen molar-refractivity contribution in [1.29, 1.82) is 0 Å². The molecule has 2 rings (SSSR count). The first-order valence-corrected chi connectivity index (χ1v) is 4.45. The molecular formula is C8H7NOS. The Balaban J connectivity index is 2.07. The van der Waals surface area contributed by atoms with Gasteiger partial charge in [0.25, 0.3) is 0 Å². The second-order valence-corrected chi connectivity index (χ2v) is 3.47. The highest BCUT2D eigenvalue weighted by Gasteiger charge is 2.38. The number of hydrogen-bond donors (Lipinski definition) is 0. The minimum Gasteiger partial charge on any atom is -0.211 e. The molecule has 0 unspecified atom stereocenters. The molecule has 0 bridgehead atoms. The Bertz CT molecular complexity index is 287. The van der Waals surface area contributed by atoms with Crippen molar-refractivity contribution < 1.29 is 4.79 Å². The standard InChI is InChI=1S/C8H7NOS/c10-5-9-8-3-7(8)6-1-2-11-4-6/h1-2,4,7-8H,3H2/t7-,8+/m1/s1. The molecule has 0 saturated heterocycles. The minimum absolute atomic E-state index is 0.224. The summed E-state index contributed by atoms with van der Waals surface area (Å²) < 4.78 is 0. The number of nitrogens with zero attached hydrogens (tertiary/aromatic N) is 1. The van der Waals surface area contributed by atoms with Gasteiger partial charge in [-0.2, -0.15) is 11.3 Å². The fraction of sp³-hybridized carbons (Fsp3) is 0.375. The minimum atomic E-state index is 0.224. The molecule has 0 N–H and O–H groups in total. The number of hydrogen-bond acceptors (Lipinski definition) is 3. The lowest BCUT2D eigenvalue weighted by Gasteiger charge is -1.86. The summed E-state index contributed by atoms with van der Waals surface area (Å²) >= 11 is 1.69. The highest BCUT2D eigenvalue weighted by Crippen LogP contribution is 2.43. The summed E-state index contributed by atoms with van der Waals surface area (Å²) in [5.41, 5.74) is 1.32. The van der Waals surface area contributed by atoms with Gasteiger partial charge in [0.05, 0.1) is 6.04 Å². The molecule has 1 aliphatic rings. The quantitative estimate of drug-likeness (QED) is 0.486. The van der Waals surface area contributed by atoms with Crippen molar-refractivity contribution in [2.24, 2.45) is 4.99 Å². The molecule has 1 aliphatic carbocycles. The Kier molecular flexibility index (Phi) is 1.60. The van der Waals surface area contributed by atoms with Gasteiger partial charge in [0.15, 0.2) is 0 Å². The van der Waals surface area contributed by atoms with Gasteiger partial charge in [-0.15, -0.1) is 0 Å². The van der Waals surface area contributed by atoms with Crippen LogP contribution in [-0.2, 0) is 4.79 Å². The first-order chi connectivity index (χ1) is 5.42. The van der Waals surface area contributed by atoms with E-state index in [2.05, 4.69) is 21.8 Å². The van der Waals surface area contributed by atoms with Crippen molar-refractivity contribution in [3.8, 4) is 0 Å². The normalized spacial score (nSPS) is 27.6. The molecule has 1 aromatic rings. The predicted molar refractivity (Wildman–Crippen MR) is 43.6 cm³/mol. The molecule has 11 heavy (non-hydrogen) atoms. The van der Waals surface area contributed by atoms with Crippen LogP contribution in [0.3, 0.4) is 0 Å². The first kappa shape index (κ1) is 6.77. The van der Waals surface area contributed by atoms with E-state index in [4.69, 9.17) is 0 Å². The summed E-state index contributed by atoms with van der Waals surface area (Å²) in [5.74, 6) is 0.502. The largest absolute Gasteiger partial charge is 0.235 e. The van der Waals surface area contributed by atoms with E-state index in [1.165, 1.54) is 5.56 Å². The van der Waals surface area contributed by atoms with Crippen molar-refractivity contribution in [2.75, 3.05) is 0 Å². The molecule has 3 heteroatoms. The highest BCUT2D eigenvalue weighted by molar-refractivity contribution is 7.08. The van der Waals surface area contributed by atoms with Gasteiger partial charge in [-0.25, -0.2) is 9.79 Å². The lowest BCUT2D eigenvalue weighted by atomic mass is 10.2. The molecule has 1 saturated carbocycles. The van der Waals surface area contributed by atoms with Gasteiger partial charge in [-0.3, -0.25) is 0 Å². The predicted octanol–water partition coefficient (Wildman–Crippen LogP) is 1.94. The van der Waals surface area contributed by atoms with Crippen LogP contribution in [0.25, 0.3) is 0 Å². The van der Waals surface area contributed by atoms with Gasteiger partial charge < -0.3 is 0 Å². The molecule has 1 fully saturated rings. The Labute approximate surface area is 68.6 Å². The highest BCUT2D eigenvalue weighted by atomic mass is 32.1. The van der Waals surface area contributed by atoms with Gasteiger partial charge >= 0.3 is 0 Å². The topological polar surface area (TPSA) is 29.4 Å². The zero-order chi connectivity index (χ0) is 7.68. The summed E-state index contributed by atoms with van der Waals surface area (Å²) in [6.45, 7) is 0. The lowest BCUT2D eigenvalue weighted by Crippen LogP contribution is -1.79. The van der Waals surface area contributed by atoms with E-state index in [0.717, 1.165) is 6.42 Å². The summed E-state index contributed by atoms with van der Waals surface area (Å²) in [6, 6.07) is 2.32. The number of isocyanates is 1. The molecule has 1 heterocycles. The van der Waals surface area contributed by atoms with Crippen molar-refractivity contribution in [1.82, 2.24) is 0 Å². The molecule has 56 valence electrons. The van der Waals surface area contributed by atoms with Crippen molar-refractivity contribution in [2.45, 2.75) is 18.4 Å². The van der Waals surface area contributed by atoms with Crippen LogP contribution in [0.15, 0.2) is 21.8 Å². The van der Waals surface area contributed by atoms with E-state index in [1.807, 2.05) is 0 Å². The van der Waals surface area contributed by atoms with Gasteiger partial charge in [0.2, 0.25) is 6.08 Å². The average Bonchev–Trinajstić information content (AvgIpc) is 2.61. The average molecular weight is 165 g/mol. The lowest BCUT2D eigenvalue weighted by molar-refractivity contribution is 0.562. The van der Waals surface area contributed by atoms with Crippen molar-refractivity contribution >= 4 is 17.4 Å². The Hall–Kier alpha value is -0.920. The van der Waals surface area contributed by atoms with E-state index in [-0.39, 0.29) is 6.04 Å². The van der Waals surface area contributed by atoms with Crippen molar-refractivity contribution in [3.05, 3.63) is 22.4 Å². The van der Waals surface area contributed by atoms with Crippen LogP contribution in [0.1, 0.15) is 17.9 Å². The van der Waals surface area contributed by atoms with Crippen LogP contribution in [0.5, 0.6) is 0 Å². The van der Waals surface area contributed by atoms with Crippen LogP contribution in [0.4, 0.5) is 0 Å². The number of carbonyl (C=O) groups excluding carboxylic acids is 1. The summed E-state index contributed by atoms with van der Waals surface area (Å²) in [5, 5.41) is 4.17. The summed E-state index contributed by atoms with van der Waals surface area (Å²) in [7, 11) is 0. The second kappa shape index (κ2) is 2.61. The van der Waals surface area contributed by atoms with Crippen LogP contribution in [-0.4, -0.2) is 12.1 Å². The van der Waals surface area contributed by atoms with E-state index in [0.29, 0.717) is 5.92 Å². The van der Waals surface area contributed by atoms with Crippen LogP contribution in [0, 0.1) is 0 Å². The number of aliphatic imine (C=N–C) groups is 1. The Morgan fingerprint density at radius 2 is 2.64 bits per heavy atom. The summed E-state index contributed by atoms with van der Waals surface area (Å²) in [4.78, 5) is 13.6. The molecule has 0 aliphatic heterocycles. The fourth-order valence-corrected chi connectivity index (χ4v) is 1.96. The monoisotopic (exact) mass is 165 g/mol. The van der Waals surface area contributed by atoms with Crippen molar-refractivity contribution in [3.63, 3.8) is 0 Å². The number of rotatable bonds is 2. The van der Waals surface area contributed by atoms with Gasteiger partial charge in [0, 0.05) is 5.92 Å². The van der Waals surface area contributed by atoms with Gasteiger partial charge in [-0.1, -0.05) is 0 Å². The smallest absolute Gasteiger partial charge is 0.211 e. The van der Waals surface area contributed by atoms with Crippen LogP contribution >= 0.6 is 11.3 Å². The second-order valence-electron chi connectivity index (χ2n) is 2.69. The molecule has 0 aromatic carbocycles. The third kappa shape index (κ3) is 1.25. The zero-order valence-corrected chi connectivity index (χ0v) is 6.67. The van der Waals surface area contributed by atoms with Gasteiger partial charge in [0.1, 0.15) is 0 Å². The maximum atomic E-state index is 9.88. The van der Waals surface area contributed by atoms with Crippen LogP contribution < -0.4 is 0 Å². The SMILES string of the molecule is O=C=N[C@H]1C[C@@H]1c1ccsc1. The van der Waals surface area contributed by atoms with E-state index >= 15 is 0 Å². The summed E-state index contributed by atoms with van der Waals surface area (Å²) in [6.07, 6.45) is 2.62. The van der Waals surface area contributed by atoms with Gasteiger partial charge in [-0.05, 0) is 28.8 Å². The Morgan fingerprint density at radius 3 is 3.27 bits per heavy atom. The number of thiophene rings is 1. The third-order valence-electron chi connectivity index (χ3n) is 1.95. The maximum Gasteiger partial charge on any atom is 0.235 e. The first-order valence-electron chi connectivity index (χ1n) is 3.51. The molecule has 2 nitrogen and oxygen atoms in total. The van der Waals surface area contributed by atoms with E-state index < -0.39 is 0 Å². The van der Waals surface area contributed by atoms with Crippen LogP contribution in [0.2, 0.25) is 0 Å².